The minimum atomic E-state index is 0.0155. The van der Waals surface area contributed by atoms with Crippen LogP contribution in [0.3, 0.4) is 0 Å². The molecule has 4 rings (SSSR count). The van der Waals surface area contributed by atoms with E-state index in [1.54, 1.807) is 4.68 Å². The summed E-state index contributed by atoms with van der Waals surface area (Å²) in [4.78, 5) is 14.9. The van der Waals surface area contributed by atoms with Crippen LogP contribution >= 0.6 is 11.8 Å². The number of rotatable bonds is 7. The summed E-state index contributed by atoms with van der Waals surface area (Å²) in [5.74, 6) is 0.308. The Hall–Kier alpha value is -2.71. The number of aryl methyl sites for hydroxylation is 2. The number of carbonyl (C=O) groups is 1. The van der Waals surface area contributed by atoms with Crippen LogP contribution in [0, 0.1) is 13.8 Å². The van der Waals surface area contributed by atoms with Crippen LogP contribution in [0.5, 0.6) is 0 Å². The molecule has 156 valence electrons. The lowest BCUT2D eigenvalue weighted by atomic mass is 10.1. The van der Waals surface area contributed by atoms with Crippen LogP contribution in [0.2, 0.25) is 0 Å². The van der Waals surface area contributed by atoms with Crippen molar-refractivity contribution in [2.75, 3.05) is 18.8 Å². The highest BCUT2D eigenvalue weighted by atomic mass is 32.2. The first-order chi connectivity index (χ1) is 14.6. The van der Waals surface area contributed by atoms with Gasteiger partial charge < -0.3 is 5.32 Å². The fraction of sp³-hybridized carbons (Fsp3) is 0.364. The molecule has 0 radical (unpaired) electrons. The standard InChI is InChI=1S/C22H26N6OS/c1-16-8-9-20(17(2)12-16)28-22(24-25-26-28)30-15-21(29)23-19-10-11-27(14-19)13-18-6-4-3-5-7-18/h3-9,12,19H,10-11,13-15H2,1-2H3,(H,23,29)/t19-/m1/s1. The van der Waals surface area contributed by atoms with Gasteiger partial charge in [0.2, 0.25) is 11.1 Å². The number of aromatic nitrogens is 4. The number of hydrogen-bond donors (Lipinski definition) is 1. The van der Waals surface area contributed by atoms with Gasteiger partial charge in [0.15, 0.2) is 0 Å². The van der Waals surface area contributed by atoms with E-state index in [1.807, 2.05) is 25.1 Å². The second-order valence-corrected chi connectivity index (χ2v) is 8.67. The summed E-state index contributed by atoms with van der Waals surface area (Å²) in [7, 11) is 0. The Kier molecular flexibility index (Phi) is 6.44. The molecule has 30 heavy (non-hydrogen) atoms. The number of amides is 1. The summed E-state index contributed by atoms with van der Waals surface area (Å²) in [6, 6.07) is 16.8. The van der Waals surface area contributed by atoms with Gasteiger partial charge in [0.1, 0.15) is 0 Å². The molecule has 3 aromatic rings. The molecular formula is C22H26N6OS. The number of hydrogen-bond acceptors (Lipinski definition) is 6. The molecule has 1 amide bonds. The fourth-order valence-electron chi connectivity index (χ4n) is 3.80. The quantitative estimate of drug-likeness (QED) is 0.590. The van der Waals surface area contributed by atoms with E-state index in [1.165, 1.54) is 22.9 Å². The Labute approximate surface area is 180 Å². The van der Waals surface area contributed by atoms with Crippen molar-refractivity contribution in [2.45, 2.75) is 38.0 Å². The molecular weight excluding hydrogens is 396 g/mol. The molecule has 1 fully saturated rings. The topological polar surface area (TPSA) is 75.9 Å². The van der Waals surface area contributed by atoms with Gasteiger partial charge in [-0.2, -0.15) is 4.68 Å². The molecule has 0 bridgehead atoms. The largest absolute Gasteiger partial charge is 0.351 e. The molecule has 0 spiro atoms. The van der Waals surface area contributed by atoms with Crippen molar-refractivity contribution in [2.24, 2.45) is 0 Å². The van der Waals surface area contributed by atoms with Crippen molar-refractivity contribution in [3.8, 4) is 5.69 Å². The summed E-state index contributed by atoms with van der Waals surface area (Å²) >= 11 is 1.36. The Bertz CT molecular complexity index is 1010. The van der Waals surface area contributed by atoms with Crippen molar-refractivity contribution >= 4 is 17.7 Å². The third-order valence-corrected chi connectivity index (χ3v) is 6.16. The number of thioether (sulfide) groups is 1. The third-order valence-electron chi connectivity index (χ3n) is 5.24. The second-order valence-electron chi connectivity index (χ2n) is 7.73. The van der Waals surface area contributed by atoms with Crippen molar-refractivity contribution in [1.82, 2.24) is 30.4 Å². The lowest BCUT2D eigenvalue weighted by Gasteiger charge is -2.16. The van der Waals surface area contributed by atoms with Crippen molar-refractivity contribution in [3.63, 3.8) is 0 Å². The zero-order valence-electron chi connectivity index (χ0n) is 17.3. The molecule has 0 unspecified atom stereocenters. The predicted octanol–water partition coefficient (Wildman–Crippen LogP) is 2.76. The van der Waals surface area contributed by atoms with Gasteiger partial charge in [-0.25, -0.2) is 0 Å². The summed E-state index contributed by atoms with van der Waals surface area (Å²) in [5.41, 5.74) is 4.52. The monoisotopic (exact) mass is 422 g/mol. The van der Waals surface area contributed by atoms with E-state index in [9.17, 15) is 4.79 Å². The zero-order valence-corrected chi connectivity index (χ0v) is 18.1. The van der Waals surface area contributed by atoms with E-state index in [2.05, 4.69) is 63.0 Å². The first kappa shape index (κ1) is 20.6. The van der Waals surface area contributed by atoms with Crippen LogP contribution in [0.25, 0.3) is 5.69 Å². The Balaban J connectivity index is 1.28. The summed E-state index contributed by atoms with van der Waals surface area (Å²) in [5, 5.41) is 15.8. The minimum absolute atomic E-state index is 0.0155. The lowest BCUT2D eigenvalue weighted by Crippen LogP contribution is -2.38. The Morgan fingerprint density at radius 3 is 2.83 bits per heavy atom. The average molecular weight is 423 g/mol. The normalized spacial score (nSPS) is 16.7. The highest BCUT2D eigenvalue weighted by Crippen LogP contribution is 2.21. The maximum absolute atomic E-state index is 12.5. The number of carbonyl (C=O) groups excluding carboxylic acids is 1. The third kappa shape index (κ3) is 5.06. The van der Waals surface area contributed by atoms with Gasteiger partial charge in [0, 0.05) is 25.7 Å². The molecule has 1 atom stereocenters. The summed E-state index contributed by atoms with van der Waals surface area (Å²) in [6.45, 7) is 6.89. The highest BCUT2D eigenvalue weighted by Gasteiger charge is 2.24. The van der Waals surface area contributed by atoms with Crippen LogP contribution in [-0.2, 0) is 11.3 Å². The van der Waals surface area contributed by atoms with Gasteiger partial charge in [-0.3, -0.25) is 9.69 Å². The van der Waals surface area contributed by atoms with Gasteiger partial charge in [0.05, 0.1) is 11.4 Å². The fourth-order valence-corrected chi connectivity index (χ4v) is 4.49. The van der Waals surface area contributed by atoms with Crippen molar-refractivity contribution in [3.05, 3.63) is 65.2 Å². The van der Waals surface area contributed by atoms with Crippen molar-refractivity contribution < 1.29 is 4.79 Å². The molecule has 0 aliphatic carbocycles. The first-order valence-electron chi connectivity index (χ1n) is 10.1. The van der Waals surface area contributed by atoms with Crippen LogP contribution in [0.4, 0.5) is 0 Å². The molecule has 0 saturated carbocycles. The van der Waals surface area contributed by atoms with Gasteiger partial charge in [0.25, 0.3) is 0 Å². The SMILES string of the molecule is Cc1ccc(-n2nnnc2SCC(=O)N[C@@H]2CCN(Cc3ccccc3)C2)c(C)c1. The van der Waals surface area contributed by atoms with E-state index in [0.29, 0.717) is 10.9 Å². The molecule has 8 heteroatoms. The van der Waals surface area contributed by atoms with Crippen LogP contribution in [0.15, 0.2) is 53.7 Å². The molecule has 2 heterocycles. The van der Waals surface area contributed by atoms with E-state index in [0.717, 1.165) is 37.3 Å². The number of tetrazole rings is 1. The van der Waals surface area contributed by atoms with Crippen LogP contribution in [0.1, 0.15) is 23.1 Å². The molecule has 7 nitrogen and oxygen atoms in total. The average Bonchev–Trinajstić information content (AvgIpc) is 3.37. The molecule has 1 N–H and O–H groups in total. The van der Waals surface area contributed by atoms with E-state index >= 15 is 0 Å². The van der Waals surface area contributed by atoms with Crippen LogP contribution in [-0.4, -0.2) is 55.9 Å². The lowest BCUT2D eigenvalue weighted by molar-refractivity contribution is -0.119. The van der Waals surface area contributed by atoms with E-state index in [-0.39, 0.29) is 11.9 Å². The number of likely N-dealkylation sites (tertiary alicyclic amines) is 1. The molecule has 1 aromatic heterocycles. The minimum Gasteiger partial charge on any atom is -0.351 e. The molecule has 1 aliphatic rings. The van der Waals surface area contributed by atoms with Crippen molar-refractivity contribution in [1.29, 1.82) is 0 Å². The van der Waals surface area contributed by atoms with Gasteiger partial charge >= 0.3 is 0 Å². The predicted molar refractivity (Wildman–Crippen MR) is 118 cm³/mol. The van der Waals surface area contributed by atoms with Gasteiger partial charge in [-0.15, -0.1) is 5.10 Å². The summed E-state index contributed by atoms with van der Waals surface area (Å²) < 4.78 is 1.70. The maximum atomic E-state index is 12.5. The first-order valence-corrected chi connectivity index (χ1v) is 11.1. The maximum Gasteiger partial charge on any atom is 0.230 e. The van der Waals surface area contributed by atoms with Gasteiger partial charge in [-0.1, -0.05) is 59.8 Å². The molecule has 1 aliphatic heterocycles. The second kappa shape index (κ2) is 9.40. The summed E-state index contributed by atoms with van der Waals surface area (Å²) in [6.07, 6.45) is 0.976. The smallest absolute Gasteiger partial charge is 0.230 e. The molecule has 1 saturated heterocycles. The Morgan fingerprint density at radius 2 is 2.03 bits per heavy atom. The van der Waals surface area contributed by atoms with E-state index in [4.69, 9.17) is 0 Å². The van der Waals surface area contributed by atoms with E-state index < -0.39 is 0 Å². The van der Waals surface area contributed by atoms with Gasteiger partial charge in [-0.05, 0) is 47.9 Å². The Morgan fingerprint density at radius 1 is 1.20 bits per heavy atom. The van der Waals surface area contributed by atoms with Crippen LogP contribution < -0.4 is 5.32 Å². The zero-order chi connectivity index (χ0) is 20.9. The molecule has 2 aromatic carbocycles. The number of nitrogens with zero attached hydrogens (tertiary/aromatic N) is 5. The highest BCUT2D eigenvalue weighted by molar-refractivity contribution is 7.99. The number of benzene rings is 2. The number of nitrogens with one attached hydrogen (secondary N) is 1.